The number of amides is 1. The van der Waals surface area contributed by atoms with E-state index in [1.807, 2.05) is 48.5 Å². The smallest absolute Gasteiger partial charge is 0.252 e. The molecule has 0 aliphatic carbocycles. The third-order valence-corrected chi connectivity index (χ3v) is 5.48. The fraction of sp³-hybridized carbons (Fsp3) is 0.333. The van der Waals surface area contributed by atoms with Gasteiger partial charge in [0.1, 0.15) is 0 Å². The van der Waals surface area contributed by atoms with E-state index in [2.05, 4.69) is 22.5 Å². The zero-order valence-electron chi connectivity index (χ0n) is 16.8. The van der Waals surface area contributed by atoms with Crippen LogP contribution in [0.5, 0.6) is 0 Å². The minimum Gasteiger partial charge on any atom is -0.436 e. The maximum atomic E-state index is 12.8. The van der Waals surface area contributed by atoms with Gasteiger partial charge in [0.2, 0.25) is 5.89 Å². The van der Waals surface area contributed by atoms with Crippen molar-refractivity contribution in [1.82, 2.24) is 15.6 Å². The lowest BCUT2D eigenvalue weighted by atomic mass is 9.96. The number of benzene rings is 2. The molecular weight excluding hydrogens is 362 g/mol. The Labute approximate surface area is 171 Å². The fourth-order valence-corrected chi connectivity index (χ4v) is 3.77. The molecule has 5 nitrogen and oxygen atoms in total. The maximum Gasteiger partial charge on any atom is 0.252 e. The Hall–Kier alpha value is -2.92. The van der Waals surface area contributed by atoms with Crippen LogP contribution in [0, 0.1) is 12.8 Å². The number of piperidine rings is 1. The van der Waals surface area contributed by atoms with Crippen LogP contribution < -0.4 is 10.6 Å². The molecule has 150 valence electrons. The van der Waals surface area contributed by atoms with Crippen molar-refractivity contribution in [3.05, 3.63) is 65.9 Å². The van der Waals surface area contributed by atoms with Gasteiger partial charge in [-0.25, -0.2) is 4.98 Å². The average molecular weight is 389 g/mol. The molecule has 2 heterocycles. The molecule has 1 aliphatic rings. The van der Waals surface area contributed by atoms with Crippen LogP contribution in [0.25, 0.3) is 22.8 Å². The third kappa shape index (κ3) is 4.74. The molecule has 3 aromatic rings. The van der Waals surface area contributed by atoms with E-state index in [1.165, 1.54) is 18.4 Å². The summed E-state index contributed by atoms with van der Waals surface area (Å²) >= 11 is 0. The van der Waals surface area contributed by atoms with E-state index in [0.29, 0.717) is 35.2 Å². The Morgan fingerprint density at radius 2 is 2.03 bits per heavy atom. The lowest BCUT2D eigenvalue weighted by Crippen LogP contribution is -2.33. The standard InChI is InChI=1S/C24H27N3O2/c1-17-8-10-19(11-9-17)22-16-27-24(29-22)21-7-3-2-6-20(21)23(28)26-14-12-18-5-4-13-25-15-18/h2-3,6-11,16,18,25H,4-5,12-15H2,1H3,(H,26,28). The molecule has 1 aromatic heterocycles. The second-order valence-electron chi connectivity index (χ2n) is 7.70. The van der Waals surface area contributed by atoms with E-state index in [4.69, 9.17) is 4.42 Å². The van der Waals surface area contributed by atoms with E-state index >= 15 is 0 Å². The van der Waals surface area contributed by atoms with E-state index in [1.54, 1.807) is 6.20 Å². The first-order valence-corrected chi connectivity index (χ1v) is 10.3. The molecule has 0 bridgehead atoms. The molecule has 1 aliphatic heterocycles. The zero-order valence-corrected chi connectivity index (χ0v) is 16.8. The van der Waals surface area contributed by atoms with E-state index in [-0.39, 0.29) is 5.91 Å². The second kappa shape index (κ2) is 9.05. The van der Waals surface area contributed by atoms with Crippen LogP contribution in [0.4, 0.5) is 0 Å². The van der Waals surface area contributed by atoms with Crippen molar-refractivity contribution in [2.75, 3.05) is 19.6 Å². The fourth-order valence-electron chi connectivity index (χ4n) is 3.77. The number of nitrogens with zero attached hydrogens (tertiary/aromatic N) is 1. The number of nitrogens with one attached hydrogen (secondary N) is 2. The summed E-state index contributed by atoms with van der Waals surface area (Å²) in [6.45, 7) is 4.89. The van der Waals surface area contributed by atoms with Crippen LogP contribution in [-0.4, -0.2) is 30.5 Å². The Morgan fingerprint density at radius 3 is 2.83 bits per heavy atom. The van der Waals surface area contributed by atoms with Crippen molar-refractivity contribution in [2.45, 2.75) is 26.2 Å². The van der Waals surface area contributed by atoms with Gasteiger partial charge in [-0.05, 0) is 57.3 Å². The summed E-state index contributed by atoms with van der Waals surface area (Å²) in [4.78, 5) is 17.2. The van der Waals surface area contributed by atoms with Crippen LogP contribution in [0.1, 0.15) is 35.2 Å². The van der Waals surface area contributed by atoms with Crippen molar-refractivity contribution in [1.29, 1.82) is 0 Å². The summed E-state index contributed by atoms with van der Waals surface area (Å²) in [6.07, 6.45) is 5.16. The normalized spacial score (nSPS) is 16.5. The van der Waals surface area contributed by atoms with Crippen LogP contribution in [0.15, 0.2) is 59.1 Å². The first-order chi connectivity index (χ1) is 14.2. The number of carbonyl (C=O) groups is 1. The van der Waals surface area contributed by atoms with Gasteiger partial charge in [-0.2, -0.15) is 0 Å². The van der Waals surface area contributed by atoms with E-state index in [9.17, 15) is 4.79 Å². The quantitative estimate of drug-likeness (QED) is 0.654. The number of carbonyl (C=O) groups excluding carboxylic acids is 1. The van der Waals surface area contributed by atoms with Gasteiger partial charge >= 0.3 is 0 Å². The number of hydrogen-bond donors (Lipinski definition) is 2. The minimum absolute atomic E-state index is 0.0838. The molecule has 0 radical (unpaired) electrons. The third-order valence-electron chi connectivity index (χ3n) is 5.48. The molecule has 5 heteroatoms. The summed E-state index contributed by atoms with van der Waals surface area (Å²) in [5.41, 5.74) is 3.46. The molecular formula is C24H27N3O2. The van der Waals surface area contributed by atoms with Gasteiger partial charge < -0.3 is 15.1 Å². The lowest BCUT2D eigenvalue weighted by Gasteiger charge is -2.22. The molecule has 0 saturated carbocycles. The number of oxazole rings is 1. The topological polar surface area (TPSA) is 67.2 Å². The summed E-state index contributed by atoms with van der Waals surface area (Å²) in [7, 11) is 0. The Kier molecular flexibility index (Phi) is 6.06. The molecule has 29 heavy (non-hydrogen) atoms. The summed E-state index contributed by atoms with van der Waals surface area (Å²) in [6, 6.07) is 15.6. The molecule has 2 N–H and O–H groups in total. The molecule has 0 spiro atoms. The Morgan fingerprint density at radius 1 is 1.21 bits per heavy atom. The van der Waals surface area contributed by atoms with Crippen molar-refractivity contribution >= 4 is 5.91 Å². The SMILES string of the molecule is Cc1ccc(-c2cnc(-c3ccccc3C(=O)NCCC3CCCNC3)o2)cc1. The number of rotatable bonds is 6. The highest BCUT2D eigenvalue weighted by Gasteiger charge is 2.18. The number of hydrogen-bond acceptors (Lipinski definition) is 4. The van der Waals surface area contributed by atoms with Gasteiger partial charge in [-0.15, -0.1) is 0 Å². The molecule has 1 amide bonds. The summed E-state index contributed by atoms with van der Waals surface area (Å²) < 4.78 is 5.99. The summed E-state index contributed by atoms with van der Waals surface area (Å²) in [5, 5.41) is 6.49. The predicted molar refractivity (Wildman–Crippen MR) is 115 cm³/mol. The van der Waals surface area contributed by atoms with Gasteiger partial charge in [0.05, 0.1) is 11.8 Å². The highest BCUT2D eigenvalue weighted by Crippen LogP contribution is 2.28. The molecule has 1 unspecified atom stereocenters. The van der Waals surface area contributed by atoms with Gasteiger partial charge in [0.15, 0.2) is 5.76 Å². The first-order valence-electron chi connectivity index (χ1n) is 10.3. The highest BCUT2D eigenvalue weighted by molar-refractivity contribution is 6.00. The Balaban J connectivity index is 1.46. The van der Waals surface area contributed by atoms with Gasteiger partial charge in [-0.1, -0.05) is 42.0 Å². The van der Waals surface area contributed by atoms with Crippen molar-refractivity contribution in [3.8, 4) is 22.8 Å². The molecule has 1 saturated heterocycles. The molecule has 4 rings (SSSR count). The largest absolute Gasteiger partial charge is 0.436 e. The van der Waals surface area contributed by atoms with Crippen LogP contribution in [-0.2, 0) is 0 Å². The van der Waals surface area contributed by atoms with Gasteiger partial charge in [-0.3, -0.25) is 4.79 Å². The van der Waals surface area contributed by atoms with Crippen molar-refractivity contribution < 1.29 is 9.21 Å². The van der Waals surface area contributed by atoms with Gasteiger partial charge in [0.25, 0.3) is 5.91 Å². The van der Waals surface area contributed by atoms with Crippen molar-refractivity contribution in [3.63, 3.8) is 0 Å². The predicted octanol–water partition coefficient (Wildman–Crippen LogP) is 4.44. The average Bonchev–Trinajstić information content (AvgIpc) is 3.25. The first kappa shape index (κ1) is 19.4. The minimum atomic E-state index is -0.0838. The highest BCUT2D eigenvalue weighted by atomic mass is 16.4. The molecule has 2 aromatic carbocycles. The number of aryl methyl sites for hydroxylation is 1. The van der Waals surface area contributed by atoms with E-state index in [0.717, 1.165) is 25.1 Å². The lowest BCUT2D eigenvalue weighted by molar-refractivity contribution is 0.0951. The van der Waals surface area contributed by atoms with Crippen LogP contribution >= 0.6 is 0 Å². The summed E-state index contributed by atoms with van der Waals surface area (Å²) in [5.74, 6) is 1.71. The van der Waals surface area contributed by atoms with Crippen molar-refractivity contribution in [2.24, 2.45) is 5.92 Å². The van der Waals surface area contributed by atoms with Gasteiger partial charge in [0, 0.05) is 17.7 Å². The number of aromatic nitrogens is 1. The van der Waals surface area contributed by atoms with Crippen LogP contribution in [0.3, 0.4) is 0 Å². The molecule has 1 fully saturated rings. The Bertz CT molecular complexity index is 956. The maximum absolute atomic E-state index is 12.8. The monoisotopic (exact) mass is 389 g/mol. The van der Waals surface area contributed by atoms with Crippen LogP contribution in [0.2, 0.25) is 0 Å². The molecule has 1 atom stereocenters. The second-order valence-corrected chi connectivity index (χ2v) is 7.70. The van der Waals surface area contributed by atoms with E-state index < -0.39 is 0 Å². The zero-order chi connectivity index (χ0) is 20.1.